The summed E-state index contributed by atoms with van der Waals surface area (Å²) in [5.74, 6) is 1.81. The number of hydrogen-bond acceptors (Lipinski definition) is 3. The van der Waals surface area contributed by atoms with Gasteiger partial charge in [-0.3, -0.25) is 0 Å². The molecule has 0 radical (unpaired) electrons. The van der Waals surface area contributed by atoms with Gasteiger partial charge in [-0.1, -0.05) is 12.8 Å². The lowest BCUT2D eigenvalue weighted by molar-refractivity contribution is 0.327. The van der Waals surface area contributed by atoms with Gasteiger partial charge in [0.05, 0.1) is 19.9 Å². The van der Waals surface area contributed by atoms with E-state index in [4.69, 9.17) is 9.47 Å². The Bertz CT molecular complexity index is 985. The Morgan fingerprint density at radius 3 is 2.10 bits per heavy atom. The van der Waals surface area contributed by atoms with Crippen molar-refractivity contribution in [3.05, 3.63) is 48.0 Å². The van der Waals surface area contributed by atoms with Crippen molar-refractivity contribution in [2.24, 2.45) is 0 Å². The number of likely N-dealkylation sites (tertiary alicyclic amines) is 1. The van der Waals surface area contributed by atoms with E-state index in [2.05, 4.69) is 58.9 Å². The third-order valence-electron chi connectivity index (χ3n) is 6.69. The molecule has 2 heterocycles. The van der Waals surface area contributed by atoms with Crippen LogP contribution in [0.2, 0.25) is 0 Å². The Morgan fingerprint density at radius 2 is 1.42 bits per heavy atom. The highest BCUT2D eigenvalue weighted by atomic mass is 16.5. The van der Waals surface area contributed by atoms with Crippen LogP contribution in [-0.2, 0) is 6.54 Å². The van der Waals surface area contributed by atoms with Crippen LogP contribution in [0.3, 0.4) is 0 Å². The van der Waals surface area contributed by atoms with Crippen molar-refractivity contribution in [3.63, 3.8) is 0 Å². The minimum Gasteiger partial charge on any atom is -0.497 e. The normalized spacial score (nSPS) is 14.4. The monoisotopic (exact) mass is 420 g/mol. The second kappa shape index (κ2) is 10.2. The van der Waals surface area contributed by atoms with Crippen LogP contribution >= 0.6 is 0 Å². The van der Waals surface area contributed by atoms with E-state index in [0.29, 0.717) is 0 Å². The van der Waals surface area contributed by atoms with Gasteiger partial charge in [0.2, 0.25) is 0 Å². The van der Waals surface area contributed by atoms with Crippen molar-refractivity contribution in [1.29, 1.82) is 0 Å². The number of benzene rings is 2. The van der Waals surface area contributed by atoms with E-state index >= 15 is 0 Å². The molecule has 2 aromatic carbocycles. The molecule has 1 aliphatic heterocycles. The van der Waals surface area contributed by atoms with Crippen molar-refractivity contribution >= 4 is 10.9 Å². The maximum absolute atomic E-state index is 5.50. The largest absolute Gasteiger partial charge is 0.497 e. The molecule has 1 saturated heterocycles. The van der Waals surface area contributed by atoms with Crippen LogP contribution in [0.1, 0.15) is 44.1 Å². The van der Waals surface area contributed by atoms with Crippen molar-refractivity contribution in [2.75, 3.05) is 33.9 Å². The molecule has 0 aliphatic carbocycles. The van der Waals surface area contributed by atoms with Gasteiger partial charge in [0.1, 0.15) is 11.5 Å². The topological polar surface area (TPSA) is 26.6 Å². The number of ether oxygens (including phenoxy) is 2. The average Bonchev–Trinajstić information content (AvgIpc) is 3.42. The highest BCUT2D eigenvalue weighted by molar-refractivity contribution is 5.92. The summed E-state index contributed by atoms with van der Waals surface area (Å²) >= 11 is 0. The van der Waals surface area contributed by atoms with Crippen molar-refractivity contribution in [3.8, 4) is 22.8 Å². The van der Waals surface area contributed by atoms with E-state index in [1.807, 2.05) is 0 Å². The van der Waals surface area contributed by atoms with E-state index in [-0.39, 0.29) is 0 Å². The molecular formula is C27H36N2O2. The van der Waals surface area contributed by atoms with Gasteiger partial charge in [0.15, 0.2) is 0 Å². The Balaban J connectivity index is 1.52. The van der Waals surface area contributed by atoms with E-state index in [9.17, 15) is 0 Å². The van der Waals surface area contributed by atoms with Crippen LogP contribution < -0.4 is 9.47 Å². The molecule has 31 heavy (non-hydrogen) atoms. The molecule has 0 atom stereocenters. The summed E-state index contributed by atoms with van der Waals surface area (Å²) in [6.07, 6.45) is 7.91. The van der Waals surface area contributed by atoms with Crippen LogP contribution in [0, 0.1) is 6.92 Å². The summed E-state index contributed by atoms with van der Waals surface area (Å²) in [4.78, 5) is 2.62. The third-order valence-corrected chi connectivity index (χ3v) is 6.69. The zero-order chi connectivity index (χ0) is 21.6. The van der Waals surface area contributed by atoms with Gasteiger partial charge in [-0.15, -0.1) is 0 Å². The number of rotatable bonds is 10. The summed E-state index contributed by atoms with van der Waals surface area (Å²) < 4.78 is 13.4. The van der Waals surface area contributed by atoms with Crippen LogP contribution in [-0.4, -0.2) is 43.3 Å². The van der Waals surface area contributed by atoms with Gasteiger partial charge < -0.3 is 18.9 Å². The first-order valence-electron chi connectivity index (χ1n) is 11.7. The molecule has 1 fully saturated rings. The molecule has 4 heteroatoms. The maximum atomic E-state index is 5.50. The first kappa shape index (κ1) is 21.8. The Morgan fingerprint density at radius 1 is 0.774 bits per heavy atom. The highest BCUT2D eigenvalue weighted by Gasteiger charge is 2.17. The minimum atomic E-state index is 0.892. The molecule has 0 bridgehead atoms. The predicted octanol–water partition coefficient (Wildman–Crippen LogP) is 6.29. The molecule has 1 aromatic heterocycles. The number of aryl methyl sites for hydroxylation is 2. The number of aromatic nitrogens is 1. The number of nitrogens with zero attached hydrogens (tertiary/aromatic N) is 2. The highest BCUT2D eigenvalue weighted by Crippen LogP contribution is 2.36. The summed E-state index contributed by atoms with van der Waals surface area (Å²) in [5, 5.41) is 1.28. The van der Waals surface area contributed by atoms with Gasteiger partial charge in [-0.25, -0.2) is 0 Å². The van der Waals surface area contributed by atoms with Crippen LogP contribution in [0.25, 0.3) is 22.2 Å². The molecule has 166 valence electrons. The Hall–Kier alpha value is -2.46. The Labute approximate surface area is 186 Å². The van der Waals surface area contributed by atoms with E-state index in [1.165, 1.54) is 85.9 Å². The summed E-state index contributed by atoms with van der Waals surface area (Å²) in [6.45, 7) is 7.17. The lowest BCUT2D eigenvalue weighted by Gasteiger charge is -2.15. The van der Waals surface area contributed by atoms with Crippen molar-refractivity contribution in [1.82, 2.24) is 9.47 Å². The first-order chi connectivity index (χ1) is 15.2. The minimum absolute atomic E-state index is 0.892. The quantitative estimate of drug-likeness (QED) is 0.361. The van der Waals surface area contributed by atoms with Gasteiger partial charge in [-0.2, -0.15) is 0 Å². The second-order valence-electron chi connectivity index (χ2n) is 8.70. The maximum Gasteiger partial charge on any atom is 0.119 e. The summed E-state index contributed by atoms with van der Waals surface area (Å²) in [5.41, 5.74) is 5.15. The van der Waals surface area contributed by atoms with E-state index < -0.39 is 0 Å². The SMILES string of the molecule is COc1ccc(-c2c(C)c3cc(OC)ccc3n2CCCCCCN2CCCC2)cc1. The summed E-state index contributed by atoms with van der Waals surface area (Å²) in [6, 6.07) is 14.9. The fraction of sp³-hybridized carbons (Fsp3) is 0.481. The average molecular weight is 421 g/mol. The van der Waals surface area contributed by atoms with Gasteiger partial charge in [0, 0.05) is 17.4 Å². The number of fused-ring (bicyclic) bond motifs is 1. The zero-order valence-electron chi connectivity index (χ0n) is 19.3. The van der Waals surface area contributed by atoms with Crippen LogP contribution in [0.4, 0.5) is 0 Å². The van der Waals surface area contributed by atoms with Crippen molar-refractivity contribution in [2.45, 2.75) is 52.0 Å². The summed E-state index contributed by atoms with van der Waals surface area (Å²) in [7, 11) is 3.45. The number of methoxy groups -OCH3 is 2. The van der Waals surface area contributed by atoms with E-state index in [0.717, 1.165) is 18.0 Å². The van der Waals surface area contributed by atoms with E-state index in [1.54, 1.807) is 14.2 Å². The fourth-order valence-corrected chi connectivity index (χ4v) is 4.95. The van der Waals surface area contributed by atoms with Gasteiger partial charge >= 0.3 is 0 Å². The van der Waals surface area contributed by atoms with Crippen LogP contribution in [0.15, 0.2) is 42.5 Å². The molecule has 3 aromatic rings. The zero-order valence-corrected chi connectivity index (χ0v) is 19.3. The smallest absolute Gasteiger partial charge is 0.119 e. The first-order valence-corrected chi connectivity index (χ1v) is 11.7. The Kier molecular flexibility index (Phi) is 7.18. The van der Waals surface area contributed by atoms with Gasteiger partial charge in [0.25, 0.3) is 0 Å². The predicted molar refractivity (Wildman–Crippen MR) is 129 cm³/mol. The molecule has 1 aliphatic rings. The molecular weight excluding hydrogens is 384 g/mol. The molecule has 0 N–H and O–H groups in total. The molecule has 0 spiro atoms. The molecule has 4 rings (SSSR count). The number of unbranched alkanes of at least 4 members (excludes halogenated alkanes) is 3. The standard InChI is InChI=1S/C27H36N2O2/c1-21-25-20-24(31-3)14-15-26(25)29(27(21)22-10-12-23(30-2)13-11-22)19-7-5-4-6-16-28-17-8-9-18-28/h10-15,20H,4-9,16-19H2,1-3H3. The van der Waals surface area contributed by atoms with Crippen molar-refractivity contribution < 1.29 is 9.47 Å². The third kappa shape index (κ3) is 4.90. The second-order valence-corrected chi connectivity index (χ2v) is 8.70. The molecule has 0 unspecified atom stereocenters. The lowest BCUT2D eigenvalue weighted by atomic mass is 10.1. The lowest BCUT2D eigenvalue weighted by Crippen LogP contribution is -2.20. The molecule has 0 amide bonds. The molecule has 4 nitrogen and oxygen atoms in total. The fourth-order valence-electron chi connectivity index (χ4n) is 4.95. The van der Waals surface area contributed by atoms with Crippen LogP contribution in [0.5, 0.6) is 11.5 Å². The van der Waals surface area contributed by atoms with Gasteiger partial charge in [-0.05, 0) is 106 Å². The molecule has 0 saturated carbocycles. The number of hydrogen-bond donors (Lipinski definition) is 0.